The number of halogens is 2. The van der Waals surface area contributed by atoms with E-state index in [1.807, 2.05) is 59.0 Å². The molecule has 0 aliphatic rings. The lowest BCUT2D eigenvalue weighted by molar-refractivity contribution is -0.117. The van der Waals surface area contributed by atoms with Crippen LogP contribution >= 0.6 is 45.2 Å². The van der Waals surface area contributed by atoms with Crippen molar-refractivity contribution in [2.75, 3.05) is 18.0 Å². The quantitative estimate of drug-likeness (QED) is 0.121. The Kier molecular flexibility index (Phi) is 10.3. The summed E-state index contributed by atoms with van der Waals surface area (Å²) < 4.78 is 1.60. The number of amides is 2. The predicted molar refractivity (Wildman–Crippen MR) is 161 cm³/mol. The molecule has 36 heavy (non-hydrogen) atoms. The van der Waals surface area contributed by atoms with Crippen molar-refractivity contribution in [3.8, 4) is 5.75 Å². The molecule has 3 aromatic rings. The van der Waals surface area contributed by atoms with Crippen molar-refractivity contribution < 1.29 is 14.7 Å². The van der Waals surface area contributed by atoms with Crippen LogP contribution in [0.2, 0.25) is 0 Å². The zero-order chi connectivity index (χ0) is 26.1. The van der Waals surface area contributed by atoms with Gasteiger partial charge < -0.3 is 15.3 Å². The minimum Gasteiger partial charge on any atom is -0.506 e. The molecule has 0 bridgehead atoms. The molecule has 0 aliphatic heterocycles. The fourth-order valence-electron chi connectivity index (χ4n) is 3.38. The number of carbonyl (C=O) groups excluding carboxylic acids is 2. The number of hydrogen-bond donors (Lipinski definition) is 3. The highest BCUT2D eigenvalue weighted by Crippen LogP contribution is 2.25. The van der Waals surface area contributed by atoms with Gasteiger partial charge in [0.15, 0.2) is 0 Å². The van der Waals surface area contributed by atoms with Crippen molar-refractivity contribution in [1.29, 1.82) is 0 Å². The molecule has 0 radical (unpaired) electrons. The van der Waals surface area contributed by atoms with Gasteiger partial charge in [-0.25, -0.2) is 5.43 Å². The third-order valence-electron chi connectivity index (χ3n) is 5.29. The van der Waals surface area contributed by atoms with Crippen LogP contribution in [-0.4, -0.2) is 36.2 Å². The number of carbonyl (C=O) groups is 2. The monoisotopic (exact) mass is 708 g/mol. The second-order valence-electron chi connectivity index (χ2n) is 7.67. The molecular formula is C27H26I2N4O3. The van der Waals surface area contributed by atoms with Crippen LogP contribution in [0.1, 0.15) is 35.3 Å². The zero-order valence-electron chi connectivity index (χ0n) is 19.8. The van der Waals surface area contributed by atoms with Crippen molar-refractivity contribution in [1.82, 2.24) is 10.7 Å². The average molecular weight is 708 g/mol. The van der Waals surface area contributed by atoms with Crippen LogP contribution in [0.3, 0.4) is 0 Å². The summed E-state index contributed by atoms with van der Waals surface area (Å²) in [6.45, 7) is 5.96. The van der Waals surface area contributed by atoms with Crippen LogP contribution in [0.25, 0.3) is 6.08 Å². The Bertz CT molecular complexity index is 1270. The summed E-state index contributed by atoms with van der Waals surface area (Å²) >= 11 is 4.17. The summed E-state index contributed by atoms with van der Waals surface area (Å²) in [5.74, 6) is -0.927. The molecule has 0 saturated carbocycles. The fourth-order valence-corrected chi connectivity index (χ4v) is 5.27. The van der Waals surface area contributed by atoms with Crippen molar-refractivity contribution in [3.63, 3.8) is 0 Å². The maximum Gasteiger partial charge on any atom is 0.287 e. The van der Waals surface area contributed by atoms with Crippen LogP contribution in [0.4, 0.5) is 5.69 Å². The predicted octanol–water partition coefficient (Wildman–Crippen LogP) is 5.37. The Labute approximate surface area is 238 Å². The van der Waals surface area contributed by atoms with Crippen molar-refractivity contribution >= 4 is 75.0 Å². The number of anilines is 1. The van der Waals surface area contributed by atoms with E-state index in [4.69, 9.17) is 0 Å². The van der Waals surface area contributed by atoms with E-state index in [-0.39, 0.29) is 11.4 Å². The molecule has 0 aromatic heterocycles. The number of aromatic hydroxyl groups is 1. The SMILES string of the molecule is CCN(CC)c1ccc(/C=C(/NC(=O)c2ccccc2)C(=O)N/N=C/c2cc(I)cc(I)c2O)cc1. The standard InChI is InChI=1S/C27H26I2N4O3/c1-3-33(4-2)22-12-10-18(11-13-22)14-24(31-26(35)19-8-6-5-7-9-19)27(36)32-30-17-20-15-21(28)16-23(29)25(20)34/h5-17,34H,3-4H2,1-2H3,(H,31,35)(H,32,36)/b24-14+,30-17+. The van der Waals surface area contributed by atoms with E-state index in [9.17, 15) is 14.7 Å². The van der Waals surface area contributed by atoms with Crippen molar-refractivity contribution in [2.45, 2.75) is 13.8 Å². The Balaban J connectivity index is 1.85. The lowest BCUT2D eigenvalue weighted by atomic mass is 10.1. The van der Waals surface area contributed by atoms with Gasteiger partial charge in [-0.2, -0.15) is 5.10 Å². The first kappa shape index (κ1) is 27.7. The lowest BCUT2D eigenvalue weighted by Crippen LogP contribution is -2.32. The lowest BCUT2D eigenvalue weighted by Gasteiger charge is -2.21. The van der Waals surface area contributed by atoms with Crippen LogP contribution < -0.4 is 15.6 Å². The molecule has 0 heterocycles. The number of hydrogen-bond acceptors (Lipinski definition) is 5. The summed E-state index contributed by atoms with van der Waals surface area (Å²) in [4.78, 5) is 28.0. The maximum absolute atomic E-state index is 13.0. The first-order chi connectivity index (χ1) is 17.3. The molecule has 0 atom stereocenters. The van der Waals surface area contributed by atoms with Gasteiger partial charge >= 0.3 is 0 Å². The second kappa shape index (κ2) is 13.4. The van der Waals surface area contributed by atoms with Crippen LogP contribution in [0.5, 0.6) is 5.75 Å². The van der Waals surface area contributed by atoms with Gasteiger partial charge in [0.05, 0.1) is 9.78 Å². The van der Waals surface area contributed by atoms with Gasteiger partial charge in [0, 0.05) is 33.5 Å². The molecule has 0 unspecified atom stereocenters. The number of rotatable bonds is 9. The van der Waals surface area contributed by atoms with Gasteiger partial charge in [0.1, 0.15) is 11.4 Å². The summed E-state index contributed by atoms with van der Waals surface area (Å²) in [5, 5.41) is 16.9. The van der Waals surface area contributed by atoms with E-state index in [2.05, 4.69) is 57.2 Å². The molecule has 3 aromatic carbocycles. The maximum atomic E-state index is 13.0. The largest absolute Gasteiger partial charge is 0.506 e. The van der Waals surface area contributed by atoms with Gasteiger partial charge in [-0.1, -0.05) is 30.3 Å². The molecule has 3 rings (SSSR count). The summed E-state index contributed by atoms with van der Waals surface area (Å²) in [7, 11) is 0. The van der Waals surface area contributed by atoms with Gasteiger partial charge in [-0.3, -0.25) is 9.59 Å². The van der Waals surface area contributed by atoms with E-state index >= 15 is 0 Å². The van der Waals surface area contributed by atoms with Crippen LogP contribution in [0, 0.1) is 7.14 Å². The Morgan fingerprint density at radius 1 is 1.00 bits per heavy atom. The second-order valence-corrected chi connectivity index (χ2v) is 10.1. The van der Waals surface area contributed by atoms with Crippen molar-refractivity contribution in [3.05, 3.63) is 96.3 Å². The van der Waals surface area contributed by atoms with Crippen LogP contribution in [-0.2, 0) is 4.79 Å². The molecule has 7 nitrogen and oxygen atoms in total. The molecule has 0 saturated heterocycles. The molecule has 3 N–H and O–H groups in total. The minimum absolute atomic E-state index is 0.0398. The van der Waals surface area contributed by atoms with E-state index in [0.29, 0.717) is 14.7 Å². The molecule has 186 valence electrons. The number of benzene rings is 3. The third kappa shape index (κ3) is 7.53. The van der Waals surface area contributed by atoms with Gasteiger partial charge in [0.2, 0.25) is 0 Å². The summed E-state index contributed by atoms with van der Waals surface area (Å²) in [6.07, 6.45) is 2.97. The van der Waals surface area contributed by atoms with Crippen LogP contribution in [0.15, 0.2) is 77.5 Å². The Morgan fingerprint density at radius 2 is 1.67 bits per heavy atom. The Morgan fingerprint density at radius 3 is 2.31 bits per heavy atom. The van der Waals surface area contributed by atoms with E-state index in [1.54, 1.807) is 36.4 Å². The molecule has 0 fully saturated rings. The first-order valence-electron chi connectivity index (χ1n) is 11.3. The summed E-state index contributed by atoms with van der Waals surface area (Å²) in [5.41, 5.74) is 5.21. The molecule has 9 heteroatoms. The van der Waals surface area contributed by atoms with Gasteiger partial charge in [-0.05, 0) is 107 Å². The normalized spacial score (nSPS) is 11.4. The minimum atomic E-state index is -0.594. The Hall–Kier alpha value is -2.93. The summed E-state index contributed by atoms with van der Waals surface area (Å²) in [6, 6.07) is 20.0. The number of nitrogens with zero attached hydrogens (tertiary/aromatic N) is 2. The fraction of sp³-hybridized carbons (Fsp3) is 0.148. The first-order valence-corrected chi connectivity index (χ1v) is 13.4. The highest BCUT2D eigenvalue weighted by atomic mass is 127. The molecule has 0 aliphatic carbocycles. The van der Waals surface area contributed by atoms with Gasteiger partial charge in [0.25, 0.3) is 11.8 Å². The highest BCUT2D eigenvalue weighted by Gasteiger charge is 2.15. The van der Waals surface area contributed by atoms with E-state index in [0.717, 1.165) is 27.9 Å². The van der Waals surface area contributed by atoms with E-state index < -0.39 is 11.8 Å². The van der Waals surface area contributed by atoms with Gasteiger partial charge in [-0.15, -0.1) is 0 Å². The zero-order valence-corrected chi connectivity index (χ0v) is 24.1. The van der Waals surface area contributed by atoms with Crippen molar-refractivity contribution in [2.24, 2.45) is 5.10 Å². The number of hydrazone groups is 1. The smallest absolute Gasteiger partial charge is 0.287 e. The highest BCUT2D eigenvalue weighted by molar-refractivity contribution is 14.1. The number of phenolic OH excluding ortho intramolecular Hbond substituents is 1. The number of phenols is 1. The molecule has 0 spiro atoms. The third-order valence-corrected chi connectivity index (χ3v) is 6.73. The number of nitrogens with one attached hydrogen (secondary N) is 2. The average Bonchev–Trinajstić information content (AvgIpc) is 2.88. The molecular weight excluding hydrogens is 682 g/mol. The van der Waals surface area contributed by atoms with E-state index in [1.165, 1.54) is 6.21 Å². The molecule has 2 amide bonds. The topological polar surface area (TPSA) is 94.0 Å².